The highest BCUT2D eigenvalue weighted by molar-refractivity contribution is 9.10. The lowest BCUT2D eigenvalue weighted by Gasteiger charge is -2.08. The average Bonchev–Trinajstić information content (AvgIpc) is 2.42. The lowest BCUT2D eigenvalue weighted by molar-refractivity contribution is 0.412. The van der Waals surface area contributed by atoms with Crippen LogP contribution in [0.5, 0.6) is 5.75 Å². The van der Waals surface area contributed by atoms with Gasteiger partial charge in [0.05, 0.1) is 22.2 Å². The Balaban J connectivity index is 2.31. The van der Waals surface area contributed by atoms with E-state index in [-0.39, 0.29) is 5.75 Å². The first-order chi connectivity index (χ1) is 9.03. The zero-order valence-corrected chi connectivity index (χ0v) is 12.7. The van der Waals surface area contributed by atoms with Gasteiger partial charge in [0.25, 0.3) is 0 Å². The molecule has 5 heteroatoms. The summed E-state index contributed by atoms with van der Waals surface area (Å²) in [7, 11) is -1.77. The fourth-order valence-electron chi connectivity index (χ4n) is 1.72. The smallest absolute Gasteiger partial charge is 0.182 e. The topological polar surface area (TPSA) is 43.4 Å². The first kappa shape index (κ1) is 14.1. The highest BCUT2D eigenvalue weighted by Gasteiger charge is 2.15. The largest absolute Gasteiger partial charge is 0.496 e. The van der Waals surface area contributed by atoms with E-state index in [9.17, 15) is 8.42 Å². The van der Waals surface area contributed by atoms with E-state index in [0.717, 1.165) is 4.47 Å². The molecule has 0 bridgehead atoms. The summed E-state index contributed by atoms with van der Waals surface area (Å²) in [5.74, 6) is 0.585. The van der Waals surface area contributed by atoms with E-state index in [1.165, 1.54) is 0 Å². The van der Waals surface area contributed by atoms with Gasteiger partial charge in [0.1, 0.15) is 5.75 Å². The Morgan fingerprint density at radius 3 is 2.42 bits per heavy atom. The monoisotopic (exact) mass is 340 g/mol. The van der Waals surface area contributed by atoms with Crippen LogP contribution in [0.2, 0.25) is 0 Å². The molecule has 2 aromatic carbocycles. The van der Waals surface area contributed by atoms with Crippen LogP contribution in [0.25, 0.3) is 0 Å². The molecule has 0 aliphatic rings. The first-order valence-electron chi connectivity index (χ1n) is 5.63. The normalized spacial score (nSPS) is 11.3. The first-order valence-corrected chi connectivity index (χ1v) is 8.08. The van der Waals surface area contributed by atoms with Crippen molar-refractivity contribution < 1.29 is 13.2 Å². The van der Waals surface area contributed by atoms with Gasteiger partial charge in [0.2, 0.25) is 0 Å². The van der Waals surface area contributed by atoms with E-state index < -0.39 is 9.84 Å². The maximum atomic E-state index is 12.2. The fourth-order valence-corrected chi connectivity index (χ4v) is 3.49. The summed E-state index contributed by atoms with van der Waals surface area (Å²) in [6, 6.07) is 13.7. The Kier molecular flexibility index (Phi) is 4.27. The summed E-state index contributed by atoms with van der Waals surface area (Å²) in [6.45, 7) is 0. The number of rotatable bonds is 4. The van der Waals surface area contributed by atoms with Gasteiger partial charge in [-0.3, -0.25) is 0 Å². The molecule has 0 spiro atoms. The minimum absolute atomic E-state index is 0.0410. The molecular formula is C14H13BrO3S. The number of sulfone groups is 1. The van der Waals surface area contributed by atoms with Gasteiger partial charge < -0.3 is 4.74 Å². The number of hydrogen-bond donors (Lipinski definition) is 0. The Labute approximate surface area is 121 Å². The Hall–Kier alpha value is -1.33. The van der Waals surface area contributed by atoms with E-state index >= 15 is 0 Å². The van der Waals surface area contributed by atoms with E-state index in [0.29, 0.717) is 16.2 Å². The van der Waals surface area contributed by atoms with Gasteiger partial charge in [-0.2, -0.15) is 0 Å². The maximum Gasteiger partial charge on any atom is 0.182 e. The van der Waals surface area contributed by atoms with Crippen molar-refractivity contribution in [1.29, 1.82) is 0 Å². The predicted octanol–water partition coefficient (Wildman–Crippen LogP) is 3.43. The lowest BCUT2D eigenvalue weighted by atomic mass is 10.2. The Morgan fingerprint density at radius 1 is 1.11 bits per heavy atom. The lowest BCUT2D eigenvalue weighted by Crippen LogP contribution is -2.05. The Morgan fingerprint density at radius 2 is 1.79 bits per heavy atom. The maximum absolute atomic E-state index is 12.2. The third-order valence-electron chi connectivity index (χ3n) is 2.67. The number of ether oxygens (including phenoxy) is 1. The molecule has 0 radical (unpaired) electrons. The molecule has 100 valence electrons. The fraction of sp³-hybridized carbons (Fsp3) is 0.143. The van der Waals surface area contributed by atoms with E-state index in [1.54, 1.807) is 55.6 Å². The number of halogens is 1. The zero-order valence-electron chi connectivity index (χ0n) is 10.3. The van der Waals surface area contributed by atoms with Crippen molar-refractivity contribution in [3.05, 3.63) is 58.6 Å². The van der Waals surface area contributed by atoms with Gasteiger partial charge in [-0.1, -0.05) is 24.3 Å². The molecule has 0 heterocycles. The quantitative estimate of drug-likeness (QED) is 0.856. The summed E-state index contributed by atoms with van der Waals surface area (Å²) in [5.41, 5.74) is 0.698. The minimum atomic E-state index is -3.32. The molecule has 0 aliphatic carbocycles. The standard InChI is InChI=1S/C14H13BrO3S/c1-18-14-9-11(7-8-13(14)15)10-19(16,17)12-5-3-2-4-6-12/h2-9H,10H2,1H3. The van der Waals surface area contributed by atoms with Crippen LogP contribution in [0, 0.1) is 0 Å². The molecule has 0 saturated heterocycles. The molecule has 0 N–H and O–H groups in total. The molecule has 2 rings (SSSR count). The van der Waals surface area contributed by atoms with Crippen molar-refractivity contribution in [2.45, 2.75) is 10.6 Å². The van der Waals surface area contributed by atoms with Gasteiger partial charge in [0.15, 0.2) is 9.84 Å². The van der Waals surface area contributed by atoms with Crippen LogP contribution in [-0.2, 0) is 15.6 Å². The molecule has 0 saturated carbocycles. The minimum Gasteiger partial charge on any atom is -0.496 e. The molecule has 0 unspecified atom stereocenters. The highest BCUT2D eigenvalue weighted by atomic mass is 79.9. The third-order valence-corrected chi connectivity index (χ3v) is 5.03. The summed E-state index contributed by atoms with van der Waals surface area (Å²) >= 11 is 3.34. The van der Waals surface area contributed by atoms with Crippen LogP contribution < -0.4 is 4.74 Å². The summed E-state index contributed by atoms with van der Waals surface area (Å²) in [5, 5.41) is 0. The molecule has 0 aromatic heterocycles. The second-order valence-electron chi connectivity index (χ2n) is 4.04. The molecule has 0 fully saturated rings. The van der Waals surface area contributed by atoms with Gasteiger partial charge in [-0.05, 0) is 45.8 Å². The second-order valence-corrected chi connectivity index (χ2v) is 6.88. The van der Waals surface area contributed by atoms with Crippen LogP contribution in [0.3, 0.4) is 0 Å². The van der Waals surface area contributed by atoms with Crippen molar-refractivity contribution in [3.63, 3.8) is 0 Å². The third kappa shape index (κ3) is 3.36. The van der Waals surface area contributed by atoms with Crippen molar-refractivity contribution >= 4 is 25.8 Å². The average molecular weight is 341 g/mol. The number of methoxy groups -OCH3 is 1. The Bertz CT molecular complexity index is 666. The van der Waals surface area contributed by atoms with Crippen LogP contribution in [-0.4, -0.2) is 15.5 Å². The van der Waals surface area contributed by atoms with E-state index in [1.807, 2.05) is 0 Å². The molecule has 0 aliphatic heterocycles. The predicted molar refractivity (Wildman–Crippen MR) is 78.0 cm³/mol. The molecule has 2 aromatic rings. The van der Waals surface area contributed by atoms with Gasteiger partial charge >= 0.3 is 0 Å². The highest BCUT2D eigenvalue weighted by Crippen LogP contribution is 2.27. The van der Waals surface area contributed by atoms with Crippen molar-refractivity contribution in [1.82, 2.24) is 0 Å². The van der Waals surface area contributed by atoms with E-state index in [4.69, 9.17) is 4.74 Å². The van der Waals surface area contributed by atoms with E-state index in [2.05, 4.69) is 15.9 Å². The van der Waals surface area contributed by atoms with Crippen molar-refractivity contribution in [3.8, 4) is 5.75 Å². The SMILES string of the molecule is COc1cc(CS(=O)(=O)c2ccccc2)ccc1Br. The van der Waals surface area contributed by atoms with Crippen LogP contribution in [0.4, 0.5) is 0 Å². The van der Waals surface area contributed by atoms with Gasteiger partial charge in [0, 0.05) is 0 Å². The molecule has 19 heavy (non-hydrogen) atoms. The number of hydrogen-bond acceptors (Lipinski definition) is 3. The van der Waals surface area contributed by atoms with Crippen molar-refractivity contribution in [2.75, 3.05) is 7.11 Å². The zero-order chi connectivity index (χ0) is 13.9. The summed E-state index contributed by atoms with van der Waals surface area (Å²) < 4.78 is 30.4. The van der Waals surface area contributed by atoms with Crippen LogP contribution >= 0.6 is 15.9 Å². The van der Waals surface area contributed by atoms with Crippen molar-refractivity contribution in [2.24, 2.45) is 0 Å². The van der Waals surface area contributed by atoms with Gasteiger partial charge in [-0.15, -0.1) is 0 Å². The molecule has 0 atom stereocenters. The molecular weight excluding hydrogens is 328 g/mol. The summed E-state index contributed by atoms with van der Waals surface area (Å²) in [4.78, 5) is 0.330. The molecule has 0 amide bonds. The number of benzene rings is 2. The summed E-state index contributed by atoms with van der Waals surface area (Å²) in [6.07, 6.45) is 0. The van der Waals surface area contributed by atoms with Crippen LogP contribution in [0.15, 0.2) is 57.9 Å². The molecule has 3 nitrogen and oxygen atoms in total. The van der Waals surface area contributed by atoms with Gasteiger partial charge in [-0.25, -0.2) is 8.42 Å². The second kappa shape index (κ2) is 5.75. The van der Waals surface area contributed by atoms with Crippen LogP contribution in [0.1, 0.15) is 5.56 Å².